The van der Waals surface area contributed by atoms with Gasteiger partial charge in [-0.2, -0.15) is 0 Å². The molecular weight excluding hydrogens is 309 g/mol. The van der Waals surface area contributed by atoms with Crippen molar-refractivity contribution in [2.45, 2.75) is 4.90 Å². The van der Waals surface area contributed by atoms with Gasteiger partial charge in [0, 0.05) is 19.2 Å². The summed E-state index contributed by atoms with van der Waals surface area (Å²) in [6, 6.07) is 0.947. The molecular formula is C7H6KN3O7S. The van der Waals surface area contributed by atoms with Gasteiger partial charge in [0.25, 0.3) is 0 Å². The summed E-state index contributed by atoms with van der Waals surface area (Å²) in [6.07, 6.45) is 0. The maximum Gasteiger partial charge on any atom is 1.00 e. The van der Waals surface area contributed by atoms with Crippen molar-refractivity contribution >= 4 is 27.2 Å². The molecule has 0 bridgehead atoms. The van der Waals surface area contributed by atoms with Gasteiger partial charge in [0.1, 0.15) is 10.1 Å². The molecule has 0 heterocycles. The predicted molar refractivity (Wildman–Crippen MR) is 57.3 cm³/mol. The molecule has 0 unspecified atom stereocenters. The summed E-state index contributed by atoms with van der Waals surface area (Å²) in [5.74, 6) is 0. The number of hydrogen-bond acceptors (Lipinski definition) is 8. The summed E-state index contributed by atoms with van der Waals surface area (Å²) in [5.41, 5.74) is -2.19. The van der Waals surface area contributed by atoms with E-state index in [4.69, 9.17) is 0 Å². The molecule has 10 nitrogen and oxygen atoms in total. The maximum absolute atomic E-state index is 10.8. The van der Waals surface area contributed by atoms with E-state index in [1.54, 1.807) is 0 Å². The number of rotatable bonds is 4. The number of nitro benzene ring substituents is 2. The smallest absolute Gasteiger partial charge is 0.744 e. The van der Waals surface area contributed by atoms with Crippen LogP contribution in [0.2, 0.25) is 0 Å². The molecule has 1 aromatic rings. The molecule has 12 heteroatoms. The van der Waals surface area contributed by atoms with Gasteiger partial charge in [0.15, 0.2) is 5.69 Å². The van der Waals surface area contributed by atoms with Gasteiger partial charge in [-0.1, -0.05) is 0 Å². The van der Waals surface area contributed by atoms with E-state index >= 15 is 0 Å². The molecule has 0 atom stereocenters. The van der Waals surface area contributed by atoms with Crippen molar-refractivity contribution in [2.75, 3.05) is 12.4 Å². The largest absolute Gasteiger partial charge is 1.00 e. The average molecular weight is 315 g/mol. The summed E-state index contributed by atoms with van der Waals surface area (Å²) in [4.78, 5) is 18.3. The van der Waals surface area contributed by atoms with Gasteiger partial charge in [0.2, 0.25) is 0 Å². The van der Waals surface area contributed by atoms with Crippen molar-refractivity contribution in [3.8, 4) is 0 Å². The quantitative estimate of drug-likeness (QED) is 0.275. The summed E-state index contributed by atoms with van der Waals surface area (Å²) in [7, 11) is -3.83. The Labute approximate surface area is 149 Å². The molecule has 0 spiro atoms. The van der Waals surface area contributed by atoms with Gasteiger partial charge in [-0.25, -0.2) is 8.42 Å². The fourth-order valence-electron chi connectivity index (χ4n) is 1.28. The van der Waals surface area contributed by atoms with Crippen molar-refractivity contribution in [3.05, 3.63) is 32.4 Å². The molecule has 98 valence electrons. The van der Waals surface area contributed by atoms with Crippen molar-refractivity contribution in [1.82, 2.24) is 0 Å². The van der Waals surface area contributed by atoms with E-state index in [1.165, 1.54) is 7.05 Å². The monoisotopic (exact) mass is 315 g/mol. The van der Waals surface area contributed by atoms with Gasteiger partial charge < -0.3 is 9.87 Å². The number of nitrogens with one attached hydrogen (secondary N) is 1. The van der Waals surface area contributed by atoms with Crippen LogP contribution in [0, 0.1) is 20.2 Å². The number of hydrogen-bond donors (Lipinski definition) is 1. The molecule has 0 aliphatic heterocycles. The average Bonchev–Trinajstić information content (AvgIpc) is 2.25. The van der Waals surface area contributed by atoms with Crippen molar-refractivity contribution in [1.29, 1.82) is 0 Å². The van der Waals surface area contributed by atoms with Gasteiger partial charge in [-0.15, -0.1) is 0 Å². The zero-order valence-electron chi connectivity index (χ0n) is 9.82. The third-order valence-corrected chi connectivity index (χ3v) is 2.82. The summed E-state index contributed by atoms with van der Waals surface area (Å²) in [6.45, 7) is 0. The first-order chi connectivity index (χ1) is 8.18. The van der Waals surface area contributed by atoms with Crippen LogP contribution in [0.15, 0.2) is 17.0 Å². The minimum absolute atomic E-state index is 0. The van der Waals surface area contributed by atoms with Crippen molar-refractivity contribution in [2.24, 2.45) is 0 Å². The van der Waals surface area contributed by atoms with E-state index in [-0.39, 0.29) is 51.4 Å². The van der Waals surface area contributed by atoms with E-state index in [1.807, 2.05) is 0 Å². The molecule has 0 aromatic heterocycles. The van der Waals surface area contributed by atoms with Gasteiger partial charge in [0.05, 0.1) is 14.7 Å². The first-order valence-corrected chi connectivity index (χ1v) is 5.69. The third kappa shape index (κ3) is 4.17. The van der Waals surface area contributed by atoms with Crippen LogP contribution in [0.3, 0.4) is 0 Å². The predicted octanol–water partition coefficient (Wildman–Crippen LogP) is -2.55. The zero-order chi connectivity index (χ0) is 14.1. The molecule has 0 saturated carbocycles. The Morgan fingerprint density at radius 3 is 1.68 bits per heavy atom. The molecule has 1 N–H and O–H groups in total. The summed E-state index contributed by atoms with van der Waals surface area (Å²) >= 11 is 0. The molecule has 0 fully saturated rings. The first kappa shape index (κ1) is 18.4. The SMILES string of the molecule is CNc1c([N+](=O)[O-])cc(S(=O)(=O)[O-])cc1[N+](=O)[O-].[K+]. The second-order valence-electron chi connectivity index (χ2n) is 3.05. The van der Waals surface area contributed by atoms with Crippen LogP contribution in [0.5, 0.6) is 0 Å². The van der Waals surface area contributed by atoms with Crippen LogP contribution < -0.4 is 56.7 Å². The molecule has 1 rings (SSSR count). The maximum atomic E-state index is 10.8. The van der Waals surface area contributed by atoms with Gasteiger partial charge in [-0.3, -0.25) is 20.2 Å². The fraction of sp³-hybridized carbons (Fsp3) is 0.143. The van der Waals surface area contributed by atoms with Crippen LogP contribution in [0.25, 0.3) is 0 Å². The number of anilines is 1. The molecule has 0 saturated heterocycles. The van der Waals surface area contributed by atoms with E-state index in [0.717, 1.165) is 0 Å². The van der Waals surface area contributed by atoms with Crippen LogP contribution in [-0.4, -0.2) is 29.9 Å². The minimum Gasteiger partial charge on any atom is -0.744 e. The Balaban J connectivity index is 0.00000324. The van der Waals surface area contributed by atoms with Crippen molar-refractivity contribution in [3.63, 3.8) is 0 Å². The second-order valence-corrected chi connectivity index (χ2v) is 4.43. The molecule has 0 aliphatic rings. The van der Waals surface area contributed by atoms with Crippen LogP contribution >= 0.6 is 0 Å². The van der Waals surface area contributed by atoms with Crippen LogP contribution in [0.1, 0.15) is 0 Å². The number of nitrogens with zero attached hydrogens (tertiary/aromatic N) is 2. The normalized spacial score (nSPS) is 10.4. The number of benzene rings is 1. The van der Waals surface area contributed by atoms with E-state index in [0.29, 0.717) is 12.1 Å². The van der Waals surface area contributed by atoms with E-state index in [2.05, 4.69) is 5.32 Å². The molecule has 1 aromatic carbocycles. The van der Waals surface area contributed by atoms with Gasteiger partial charge in [-0.05, 0) is 0 Å². The van der Waals surface area contributed by atoms with Gasteiger partial charge >= 0.3 is 62.8 Å². The van der Waals surface area contributed by atoms with E-state index < -0.39 is 41.9 Å². The molecule has 0 radical (unpaired) electrons. The summed E-state index contributed by atoms with van der Waals surface area (Å²) < 4.78 is 32.3. The third-order valence-electron chi connectivity index (χ3n) is 2.00. The fourth-order valence-corrected chi connectivity index (χ4v) is 1.79. The Hall–Kier alpha value is -0.634. The Morgan fingerprint density at radius 1 is 1.11 bits per heavy atom. The Morgan fingerprint density at radius 2 is 1.47 bits per heavy atom. The minimum atomic E-state index is -5.03. The molecule has 0 aliphatic carbocycles. The Bertz CT molecular complexity index is 595. The Kier molecular flexibility index (Phi) is 6.47. The second kappa shape index (κ2) is 6.69. The van der Waals surface area contributed by atoms with Crippen molar-refractivity contribution < 1.29 is 74.2 Å². The first-order valence-electron chi connectivity index (χ1n) is 4.29. The zero-order valence-corrected chi connectivity index (χ0v) is 13.8. The topological polar surface area (TPSA) is 156 Å². The summed E-state index contributed by atoms with van der Waals surface area (Å²) in [5, 5.41) is 23.6. The van der Waals surface area contributed by atoms with Crippen LogP contribution in [-0.2, 0) is 10.1 Å². The molecule has 19 heavy (non-hydrogen) atoms. The van der Waals surface area contributed by atoms with Crippen LogP contribution in [0.4, 0.5) is 17.1 Å². The standard InChI is InChI=1S/C7H7N3O7S.K/c1-8-7-5(9(11)12)2-4(18(15,16)17)3-6(7)10(13)14;/h2-3,8H,1H3,(H,15,16,17);/q;+1/p-1. The van der Waals surface area contributed by atoms with E-state index in [9.17, 15) is 33.2 Å². The molecule has 0 amide bonds. The number of nitro groups is 2.